The Morgan fingerprint density at radius 1 is 1.11 bits per heavy atom. The zero-order valence-electron chi connectivity index (χ0n) is 20.1. The van der Waals surface area contributed by atoms with E-state index < -0.39 is 37.3 Å². The lowest BCUT2D eigenvalue weighted by molar-refractivity contribution is -0.277. The van der Waals surface area contributed by atoms with Gasteiger partial charge in [-0.1, -0.05) is 19.1 Å². The number of ether oxygens (including phenoxy) is 4. The standard InChI is InChI=1S/C23H33N3O9/c1-12(2)22(31)33-10-14-5-6-16(34-23-21(30)20(29)19(28)18(9-27)35-23)7-17(14)32-11-15-8-24-25-26(15)13(3)4/h5-8,12-13,18-21,23,27-30H,9-11H2,1-4H3/t18-,19-,20+,21-,23-/m1/s1. The molecule has 12 nitrogen and oxygen atoms in total. The fraction of sp³-hybridized carbons (Fsp3) is 0.609. The third kappa shape index (κ3) is 6.47. The second kappa shape index (κ2) is 11.8. The van der Waals surface area contributed by atoms with E-state index in [1.54, 1.807) is 36.9 Å². The van der Waals surface area contributed by atoms with Gasteiger partial charge in [0.15, 0.2) is 0 Å². The van der Waals surface area contributed by atoms with Crippen LogP contribution in [0.3, 0.4) is 0 Å². The highest BCUT2D eigenvalue weighted by Crippen LogP contribution is 2.30. The van der Waals surface area contributed by atoms with Gasteiger partial charge in [0, 0.05) is 17.7 Å². The number of benzene rings is 1. The summed E-state index contributed by atoms with van der Waals surface area (Å²) in [6.07, 6.45) is -5.49. The van der Waals surface area contributed by atoms with E-state index in [0.717, 1.165) is 5.69 Å². The molecule has 0 radical (unpaired) electrons. The molecule has 1 aromatic heterocycles. The summed E-state index contributed by atoms with van der Waals surface area (Å²) in [6, 6.07) is 4.81. The van der Waals surface area contributed by atoms with Crippen LogP contribution in [0, 0.1) is 5.92 Å². The van der Waals surface area contributed by atoms with Crippen LogP contribution in [-0.2, 0) is 27.5 Å². The van der Waals surface area contributed by atoms with E-state index in [1.165, 1.54) is 6.07 Å². The zero-order valence-corrected chi connectivity index (χ0v) is 20.1. The average molecular weight is 496 g/mol. The number of carbonyl (C=O) groups excluding carboxylic acids is 1. The summed E-state index contributed by atoms with van der Waals surface area (Å²) < 4.78 is 24.2. The number of esters is 1. The van der Waals surface area contributed by atoms with Crippen molar-refractivity contribution >= 4 is 5.97 Å². The fourth-order valence-corrected chi connectivity index (χ4v) is 3.43. The van der Waals surface area contributed by atoms with Gasteiger partial charge in [-0.25, -0.2) is 4.68 Å². The largest absolute Gasteiger partial charge is 0.487 e. The Morgan fingerprint density at radius 2 is 1.86 bits per heavy atom. The first kappa shape index (κ1) is 26.8. The Morgan fingerprint density at radius 3 is 2.51 bits per heavy atom. The summed E-state index contributed by atoms with van der Waals surface area (Å²) in [4.78, 5) is 12.0. The minimum atomic E-state index is -1.57. The molecule has 1 fully saturated rings. The fourth-order valence-electron chi connectivity index (χ4n) is 3.43. The van der Waals surface area contributed by atoms with Crippen molar-refractivity contribution in [2.75, 3.05) is 6.61 Å². The summed E-state index contributed by atoms with van der Waals surface area (Å²) >= 11 is 0. The minimum absolute atomic E-state index is 0.0334. The Balaban J connectivity index is 1.81. The lowest BCUT2D eigenvalue weighted by Crippen LogP contribution is -2.60. The van der Waals surface area contributed by atoms with Crippen LogP contribution in [-0.4, -0.2) is 78.7 Å². The van der Waals surface area contributed by atoms with E-state index in [2.05, 4.69) is 10.3 Å². The van der Waals surface area contributed by atoms with Crippen LogP contribution in [0.15, 0.2) is 24.4 Å². The number of aliphatic hydroxyl groups excluding tert-OH is 4. The molecule has 1 aliphatic heterocycles. The smallest absolute Gasteiger partial charge is 0.308 e. The molecule has 2 aromatic rings. The summed E-state index contributed by atoms with van der Waals surface area (Å²) in [6.45, 7) is 6.91. The Hall–Kier alpha value is -2.77. The van der Waals surface area contributed by atoms with Gasteiger partial charge in [0.2, 0.25) is 6.29 Å². The summed E-state index contributed by atoms with van der Waals surface area (Å²) in [5, 5.41) is 47.6. The molecule has 0 aliphatic carbocycles. The Bertz CT molecular complexity index is 979. The molecule has 4 N–H and O–H groups in total. The predicted octanol–water partition coefficient (Wildman–Crippen LogP) is 0.316. The second-order valence-corrected chi connectivity index (χ2v) is 8.90. The first-order chi connectivity index (χ1) is 16.6. The molecule has 0 saturated carbocycles. The Labute approximate surface area is 203 Å². The highest BCUT2D eigenvalue weighted by atomic mass is 16.7. The predicted molar refractivity (Wildman–Crippen MR) is 120 cm³/mol. The van der Waals surface area contributed by atoms with Crippen LogP contribution in [0.1, 0.15) is 45.0 Å². The number of aromatic nitrogens is 3. The maximum atomic E-state index is 12.0. The topological polar surface area (TPSA) is 166 Å². The maximum absolute atomic E-state index is 12.0. The van der Waals surface area contributed by atoms with Gasteiger partial charge in [0.05, 0.1) is 24.4 Å². The number of aliphatic hydroxyl groups is 4. The number of hydrogen-bond donors (Lipinski definition) is 4. The molecule has 1 aliphatic rings. The van der Waals surface area contributed by atoms with E-state index in [4.69, 9.17) is 18.9 Å². The highest BCUT2D eigenvalue weighted by molar-refractivity contribution is 5.71. The van der Waals surface area contributed by atoms with E-state index in [0.29, 0.717) is 11.3 Å². The van der Waals surface area contributed by atoms with Crippen LogP contribution in [0.25, 0.3) is 0 Å². The molecular weight excluding hydrogens is 462 g/mol. The van der Waals surface area contributed by atoms with Gasteiger partial charge in [-0.15, -0.1) is 5.10 Å². The molecule has 2 heterocycles. The van der Waals surface area contributed by atoms with Gasteiger partial charge in [-0.2, -0.15) is 0 Å². The van der Waals surface area contributed by atoms with Crippen LogP contribution in [0.4, 0.5) is 0 Å². The van der Waals surface area contributed by atoms with Crippen LogP contribution in [0.2, 0.25) is 0 Å². The molecule has 12 heteroatoms. The molecule has 1 aromatic carbocycles. The molecule has 1 saturated heterocycles. The molecule has 194 valence electrons. The van der Waals surface area contributed by atoms with Crippen molar-refractivity contribution in [2.24, 2.45) is 5.92 Å². The van der Waals surface area contributed by atoms with Crippen LogP contribution in [0.5, 0.6) is 11.5 Å². The molecule has 0 spiro atoms. The van der Waals surface area contributed by atoms with Gasteiger partial charge in [-0.3, -0.25) is 4.79 Å². The zero-order chi connectivity index (χ0) is 25.7. The minimum Gasteiger partial charge on any atom is -0.487 e. The molecular formula is C23H33N3O9. The number of hydrogen-bond acceptors (Lipinski definition) is 11. The van der Waals surface area contributed by atoms with Crippen molar-refractivity contribution in [1.29, 1.82) is 0 Å². The van der Waals surface area contributed by atoms with Gasteiger partial charge >= 0.3 is 5.97 Å². The maximum Gasteiger partial charge on any atom is 0.308 e. The molecule has 0 amide bonds. The van der Waals surface area contributed by atoms with Crippen molar-refractivity contribution in [2.45, 2.75) is 77.7 Å². The van der Waals surface area contributed by atoms with Crippen molar-refractivity contribution in [3.63, 3.8) is 0 Å². The van der Waals surface area contributed by atoms with Crippen LogP contribution >= 0.6 is 0 Å². The van der Waals surface area contributed by atoms with Gasteiger partial charge in [0.25, 0.3) is 0 Å². The van der Waals surface area contributed by atoms with E-state index in [1.807, 2.05) is 13.8 Å². The summed E-state index contributed by atoms with van der Waals surface area (Å²) in [7, 11) is 0. The monoisotopic (exact) mass is 495 g/mol. The van der Waals surface area contributed by atoms with Gasteiger partial charge in [0.1, 0.15) is 49.1 Å². The lowest BCUT2D eigenvalue weighted by Gasteiger charge is -2.39. The third-order valence-electron chi connectivity index (χ3n) is 5.49. The van der Waals surface area contributed by atoms with Crippen molar-refractivity contribution in [3.05, 3.63) is 35.7 Å². The molecule has 5 atom stereocenters. The van der Waals surface area contributed by atoms with Gasteiger partial charge in [-0.05, 0) is 26.0 Å². The molecule has 3 rings (SSSR count). The van der Waals surface area contributed by atoms with Crippen molar-refractivity contribution in [1.82, 2.24) is 15.0 Å². The summed E-state index contributed by atoms with van der Waals surface area (Å²) in [5.74, 6) is -0.0850. The average Bonchev–Trinajstić information content (AvgIpc) is 3.31. The molecule has 0 unspecified atom stereocenters. The van der Waals surface area contributed by atoms with Crippen molar-refractivity contribution < 1.29 is 44.2 Å². The Kier molecular flexibility index (Phi) is 9.03. The third-order valence-corrected chi connectivity index (χ3v) is 5.49. The first-order valence-corrected chi connectivity index (χ1v) is 11.4. The lowest BCUT2D eigenvalue weighted by atomic mass is 9.99. The normalized spacial score (nSPS) is 24.6. The van der Waals surface area contributed by atoms with E-state index in [9.17, 15) is 25.2 Å². The molecule has 35 heavy (non-hydrogen) atoms. The molecule has 0 bridgehead atoms. The van der Waals surface area contributed by atoms with Gasteiger partial charge < -0.3 is 39.4 Å². The number of nitrogens with zero attached hydrogens (tertiary/aromatic N) is 3. The van der Waals surface area contributed by atoms with Crippen molar-refractivity contribution in [3.8, 4) is 11.5 Å². The number of carbonyl (C=O) groups is 1. The first-order valence-electron chi connectivity index (χ1n) is 11.4. The highest BCUT2D eigenvalue weighted by Gasteiger charge is 2.44. The summed E-state index contributed by atoms with van der Waals surface area (Å²) in [5.41, 5.74) is 1.30. The second-order valence-electron chi connectivity index (χ2n) is 8.90. The number of rotatable bonds is 10. The van der Waals surface area contributed by atoms with E-state index in [-0.39, 0.29) is 36.9 Å². The van der Waals surface area contributed by atoms with Crippen LogP contribution < -0.4 is 9.47 Å². The van der Waals surface area contributed by atoms with E-state index >= 15 is 0 Å². The quantitative estimate of drug-likeness (QED) is 0.335. The SMILES string of the molecule is CC(C)C(=O)OCc1ccc(O[C@@H]2O[C@H](CO)[C@@H](O)[C@H](O)[C@H]2O)cc1OCc1cnnn1C(C)C.